The molecule has 1 amide bonds. The van der Waals surface area contributed by atoms with Gasteiger partial charge in [-0.3, -0.25) is 9.78 Å². The Hall–Kier alpha value is -1.59. The summed E-state index contributed by atoms with van der Waals surface area (Å²) in [5.41, 5.74) is 1.89. The second-order valence-corrected chi connectivity index (χ2v) is 5.30. The molecule has 0 spiro atoms. The first-order valence-electron chi connectivity index (χ1n) is 6.06. The quantitative estimate of drug-likeness (QED) is 0.866. The lowest BCUT2D eigenvalue weighted by molar-refractivity contribution is 0.102. The van der Waals surface area contributed by atoms with E-state index in [-0.39, 0.29) is 5.91 Å². The molecule has 2 N–H and O–H groups in total. The van der Waals surface area contributed by atoms with Gasteiger partial charge < -0.3 is 10.6 Å². The van der Waals surface area contributed by atoms with Gasteiger partial charge in [-0.1, -0.05) is 11.6 Å². The number of benzene rings is 1. The van der Waals surface area contributed by atoms with Gasteiger partial charge >= 0.3 is 0 Å². The van der Waals surface area contributed by atoms with E-state index in [9.17, 15) is 4.79 Å². The number of carbonyl (C=O) groups excluding carboxylic acids is 1. The number of halogens is 2. The molecule has 0 fully saturated rings. The highest BCUT2D eigenvalue weighted by Crippen LogP contribution is 2.26. The number of hydrogen-bond donors (Lipinski definition) is 2. The SMILES string of the molecule is CCNc1cnccc1C(=O)Nc1ccc(Br)c(Cl)c1. The average molecular weight is 355 g/mol. The van der Waals surface area contributed by atoms with E-state index < -0.39 is 0 Å². The highest BCUT2D eigenvalue weighted by Gasteiger charge is 2.11. The third-order valence-electron chi connectivity index (χ3n) is 2.61. The second kappa shape index (κ2) is 6.72. The Morgan fingerprint density at radius 1 is 1.40 bits per heavy atom. The monoisotopic (exact) mass is 353 g/mol. The topological polar surface area (TPSA) is 54.0 Å². The van der Waals surface area contributed by atoms with Gasteiger partial charge in [0.15, 0.2) is 0 Å². The fourth-order valence-corrected chi connectivity index (χ4v) is 2.12. The molecular weight excluding hydrogens is 342 g/mol. The molecule has 1 aromatic heterocycles. The minimum absolute atomic E-state index is 0.207. The van der Waals surface area contributed by atoms with Crippen molar-refractivity contribution in [1.29, 1.82) is 0 Å². The Balaban J connectivity index is 2.21. The Morgan fingerprint density at radius 3 is 2.90 bits per heavy atom. The number of amides is 1. The summed E-state index contributed by atoms with van der Waals surface area (Å²) in [6.07, 6.45) is 3.22. The summed E-state index contributed by atoms with van der Waals surface area (Å²) >= 11 is 9.31. The van der Waals surface area contributed by atoms with Gasteiger partial charge in [0.2, 0.25) is 0 Å². The molecule has 0 radical (unpaired) electrons. The van der Waals surface area contributed by atoms with Crippen LogP contribution in [0.3, 0.4) is 0 Å². The van der Waals surface area contributed by atoms with Gasteiger partial charge in [-0.2, -0.15) is 0 Å². The Morgan fingerprint density at radius 2 is 2.20 bits per heavy atom. The third kappa shape index (κ3) is 3.49. The van der Waals surface area contributed by atoms with Crippen LogP contribution in [0, 0.1) is 0 Å². The van der Waals surface area contributed by atoms with Crippen molar-refractivity contribution in [3.05, 3.63) is 51.7 Å². The van der Waals surface area contributed by atoms with Gasteiger partial charge in [0, 0.05) is 22.9 Å². The van der Waals surface area contributed by atoms with Gasteiger partial charge in [-0.25, -0.2) is 0 Å². The van der Waals surface area contributed by atoms with Crippen molar-refractivity contribution < 1.29 is 4.79 Å². The zero-order valence-electron chi connectivity index (χ0n) is 10.8. The predicted octanol–water partition coefficient (Wildman–Crippen LogP) is 4.18. The zero-order chi connectivity index (χ0) is 14.5. The van der Waals surface area contributed by atoms with Crippen LogP contribution in [0.4, 0.5) is 11.4 Å². The minimum Gasteiger partial charge on any atom is -0.383 e. The number of anilines is 2. The first-order chi connectivity index (χ1) is 9.61. The van der Waals surface area contributed by atoms with Crippen molar-refractivity contribution in [3.8, 4) is 0 Å². The minimum atomic E-state index is -0.207. The number of pyridine rings is 1. The molecule has 0 unspecified atom stereocenters. The summed E-state index contributed by atoms with van der Waals surface area (Å²) in [4.78, 5) is 16.3. The number of nitrogens with zero attached hydrogens (tertiary/aromatic N) is 1. The van der Waals surface area contributed by atoms with Crippen LogP contribution in [0.2, 0.25) is 5.02 Å². The Labute approximate surface area is 130 Å². The molecule has 4 nitrogen and oxygen atoms in total. The summed E-state index contributed by atoms with van der Waals surface area (Å²) in [6.45, 7) is 2.68. The van der Waals surface area contributed by atoms with Crippen LogP contribution in [0.25, 0.3) is 0 Å². The molecule has 2 rings (SSSR count). The van der Waals surface area contributed by atoms with Crippen molar-refractivity contribution in [2.45, 2.75) is 6.92 Å². The molecule has 0 atom stereocenters. The molecule has 0 aliphatic heterocycles. The first kappa shape index (κ1) is 14.8. The van der Waals surface area contributed by atoms with E-state index in [0.717, 1.165) is 11.0 Å². The average Bonchev–Trinajstić information content (AvgIpc) is 2.44. The van der Waals surface area contributed by atoms with E-state index in [1.54, 1.807) is 36.7 Å². The van der Waals surface area contributed by atoms with Crippen LogP contribution in [0.15, 0.2) is 41.1 Å². The van der Waals surface area contributed by atoms with E-state index in [2.05, 4.69) is 31.5 Å². The highest BCUT2D eigenvalue weighted by molar-refractivity contribution is 9.10. The van der Waals surface area contributed by atoms with E-state index in [1.165, 1.54) is 0 Å². The molecule has 0 saturated heterocycles. The zero-order valence-corrected chi connectivity index (χ0v) is 13.1. The summed E-state index contributed by atoms with van der Waals surface area (Å²) in [5.74, 6) is -0.207. The summed E-state index contributed by atoms with van der Waals surface area (Å²) in [5, 5.41) is 6.47. The maximum atomic E-state index is 12.3. The number of rotatable bonds is 4. The van der Waals surface area contributed by atoms with Crippen LogP contribution >= 0.6 is 27.5 Å². The standard InChI is InChI=1S/C14H13BrClN3O/c1-2-18-13-8-17-6-5-10(13)14(20)19-9-3-4-11(15)12(16)7-9/h3-8,18H,2H2,1H3,(H,19,20). The Bertz CT molecular complexity index is 634. The van der Waals surface area contributed by atoms with Crippen molar-refractivity contribution in [3.63, 3.8) is 0 Å². The highest BCUT2D eigenvalue weighted by atomic mass is 79.9. The van der Waals surface area contributed by atoms with Gasteiger partial charge in [-0.05, 0) is 47.1 Å². The molecule has 104 valence electrons. The largest absolute Gasteiger partial charge is 0.383 e. The van der Waals surface area contributed by atoms with Crippen LogP contribution in [0.5, 0.6) is 0 Å². The van der Waals surface area contributed by atoms with Gasteiger partial charge in [-0.15, -0.1) is 0 Å². The fourth-order valence-electron chi connectivity index (χ4n) is 1.70. The Kier molecular flexibility index (Phi) is 4.98. The van der Waals surface area contributed by atoms with Crippen molar-refractivity contribution >= 4 is 44.8 Å². The van der Waals surface area contributed by atoms with Gasteiger partial charge in [0.05, 0.1) is 22.5 Å². The lowest BCUT2D eigenvalue weighted by Gasteiger charge is -2.11. The van der Waals surface area contributed by atoms with Crippen LogP contribution in [-0.4, -0.2) is 17.4 Å². The smallest absolute Gasteiger partial charge is 0.257 e. The number of hydrogen-bond acceptors (Lipinski definition) is 3. The third-order valence-corrected chi connectivity index (χ3v) is 3.84. The maximum absolute atomic E-state index is 12.3. The van der Waals surface area contributed by atoms with E-state index in [1.807, 2.05) is 6.92 Å². The first-order valence-corrected chi connectivity index (χ1v) is 7.23. The number of aromatic nitrogens is 1. The van der Waals surface area contributed by atoms with Crippen LogP contribution in [-0.2, 0) is 0 Å². The summed E-state index contributed by atoms with van der Waals surface area (Å²) in [7, 11) is 0. The van der Waals surface area contributed by atoms with Gasteiger partial charge in [0.25, 0.3) is 5.91 Å². The van der Waals surface area contributed by atoms with Crippen molar-refractivity contribution in [1.82, 2.24) is 4.98 Å². The lowest BCUT2D eigenvalue weighted by atomic mass is 10.2. The second-order valence-electron chi connectivity index (χ2n) is 4.03. The van der Waals surface area contributed by atoms with E-state index in [0.29, 0.717) is 22.0 Å². The van der Waals surface area contributed by atoms with Crippen molar-refractivity contribution in [2.75, 3.05) is 17.2 Å². The molecule has 1 aromatic carbocycles. The maximum Gasteiger partial charge on any atom is 0.257 e. The van der Waals surface area contributed by atoms with Crippen LogP contribution in [0.1, 0.15) is 17.3 Å². The number of nitrogens with one attached hydrogen (secondary N) is 2. The fraction of sp³-hybridized carbons (Fsp3) is 0.143. The van der Waals surface area contributed by atoms with Crippen molar-refractivity contribution in [2.24, 2.45) is 0 Å². The normalized spacial score (nSPS) is 10.2. The van der Waals surface area contributed by atoms with Crippen LogP contribution < -0.4 is 10.6 Å². The molecule has 0 saturated carbocycles. The van der Waals surface area contributed by atoms with E-state index in [4.69, 9.17) is 11.6 Å². The molecule has 0 aliphatic carbocycles. The van der Waals surface area contributed by atoms with Gasteiger partial charge in [0.1, 0.15) is 0 Å². The molecule has 2 aromatic rings. The molecule has 1 heterocycles. The molecule has 6 heteroatoms. The molecular formula is C14H13BrClN3O. The molecule has 20 heavy (non-hydrogen) atoms. The molecule has 0 bridgehead atoms. The molecule has 0 aliphatic rings. The number of carbonyl (C=O) groups is 1. The lowest BCUT2D eigenvalue weighted by Crippen LogP contribution is -2.15. The van der Waals surface area contributed by atoms with E-state index >= 15 is 0 Å². The summed E-state index contributed by atoms with van der Waals surface area (Å²) < 4.78 is 0.786. The predicted molar refractivity (Wildman–Crippen MR) is 85.5 cm³/mol. The summed E-state index contributed by atoms with van der Waals surface area (Å²) in [6, 6.07) is 6.93.